The summed E-state index contributed by atoms with van der Waals surface area (Å²) < 4.78 is 13.1. The molecule has 1 atom stereocenters. The summed E-state index contributed by atoms with van der Waals surface area (Å²) in [5.74, 6) is -0.234. The van der Waals surface area contributed by atoms with E-state index in [9.17, 15) is 4.39 Å². The van der Waals surface area contributed by atoms with Gasteiger partial charge in [-0.25, -0.2) is 4.39 Å². The number of anilines is 1. The zero-order valence-electron chi connectivity index (χ0n) is 8.68. The van der Waals surface area contributed by atoms with Gasteiger partial charge in [-0.05, 0) is 31.5 Å². The minimum absolute atomic E-state index is 0.234. The van der Waals surface area contributed by atoms with Gasteiger partial charge in [0.2, 0.25) is 0 Å². The Kier molecular flexibility index (Phi) is 3.89. The molecule has 0 radical (unpaired) electrons. The quantitative estimate of drug-likeness (QED) is 0.776. The molecular weight excluding hydrogens is 179 g/mol. The van der Waals surface area contributed by atoms with Crippen LogP contribution in [0.3, 0.4) is 0 Å². The van der Waals surface area contributed by atoms with E-state index in [2.05, 4.69) is 19.2 Å². The lowest BCUT2D eigenvalue weighted by Crippen LogP contribution is -2.14. The molecule has 3 heteroatoms. The molecule has 0 aliphatic carbocycles. The zero-order chi connectivity index (χ0) is 10.6. The van der Waals surface area contributed by atoms with Crippen molar-refractivity contribution in [1.82, 2.24) is 0 Å². The summed E-state index contributed by atoms with van der Waals surface area (Å²) in [4.78, 5) is 0. The summed E-state index contributed by atoms with van der Waals surface area (Å²) in [6.45, 7) is 4.43. The Morgan fingerprint density at radius 2 is 2.21 bits per heavy atom. The molecule has 0 saturated heterocycles. The molecule has 0 saturated carbocycles. The number of hydrogen-bond donors (Lipinski definition) is 2. The summed E-state index contributed by atoms with van der Waals surface area (Å²) >= 11 is 0. The Morgan fingerprint density at radius 3 is 2.79 bits per heavy atom. The van der Waals surface area contributed by atoms with Crippen LogP contribution in [0.15, 0.2) is 18.2 Å². The van der Waals surface area contributed by atoms with Gasteiger partial charge in [0.15, 0.2) is 0 Å². The van der Waals surface area contributed by atoms with Crippen LogP contribution in [0.4, 0.5) is 10.1 Å². The van der Waals surface area contributed by atoms with Crippen molar-refractivity contribution in [3.05, 3.63) is 29.6 Å². The molecular formula is C11H17FN2. The van der Waals surface area contributed by atoms with E-state index >= 15 is 0 Å². The molecule has 0 aromatic heterocycles. The van der Waals surface area contributed by atoms with Gasteiger partial charge < -0.3 is 11.1 Å². The Balaban J connectivity index is 2.79. The number of nitrogens with two attached hydrogens (primary N) is 1. The Labute approximate surface area is 84.3 Å². The first-order valence-corrected chi connectivity index (χ1v) is 4.92. The Morgan fingerprint density at radius 1 is 1.50 bits per heavy atom. The van der Waals surface area contributed by atoms with Crippen LogP contribution in [0.25, 0.3) is 0 Å². The van der Waals surface area contributed by atoms with E-state index < -0.39 is 0 Å². The number of hydrogen-bond acceptors (Lipinski definition) is 2. The maximum Gasteiger partial charge on any atom is 0.127 e. The van der Waals surface area contributed by atoms with E-state index in [1.54, 1.807) is 12.1 Å². The fourth-order valence-electron chi connectivity index (χ4n) is 1.21. The summed E-state index contributed by atoms with van der Waals surface area (Å²) in [5.41, 5.74) is 6.90. The second-order valence-electron chi connectivity index (χ2n) is 3.46. The molecule has 1 aromatic rings. The molecule has 1 aromatic carbocycles. The maximum atomic E-state index is 13.1. The normalized spacial score (nSPS) is 12.6. The largest absolute Gasteiger partial charge is 0.383 e. The van der Waals surface area contributed by atoms with E-state index in [0.717, 1.165) is 12.1 Å². The van der Waals surface area contributed by atoms with E-state index in [1.165, 1.54) is 6.07 Å². The fourth-order valence-corrected chi connectivity index (χ4v) is 1.21. The molecule has 1 rings (SSSR count). The molecule has 78 valence electrons. The average molecular weight is 196 g/mol. The molecule has 0 heterocycles. The SMILES string of the molecule is CCC(C)Nc1ccc(F)c(CN)c1. The van der Waals surface area contributed by atoms with Gasteiger partial charge in [-0.3, -0.25) is 0 Å². The molecule has 2 nitrogen and oxygen atoms in total. The number of benzene rings is 1. The van der Waals surface area contributed by atoms with Crippen LogP contribution in [0.5, 0.6) is 0 Å². The first-order chi connectivity index (χ1) is 6.67. The van der Waals surface area contributed by atoms with E-state index in [4.69, 9.17) is 5.73 Å². The summed E-state index contributed by atoms with van der Waals surface area (Å²) in [6, 6.07) is 5.35. The van der Waals surface area contributed by atoms with E-state index in [0.29, 0.717) is 11.6 Å². The molecule has 0 fully saturated rings. The molecule has 0 amide bonds. The third-order valence-corrected chi connectivity index (χ3v) is 2.29. The van der Waals surface area contributed by atoms with Crippen LogP contribution in [-0.2, 0) is 6.54 Å². The van der Waals surface area contributed by atoms with Crippen LogP contribution in [0, 0.1) is 5.82 Å². The molecule has 14 heavy (non-hydrogen) atoms. The summed E-state index contributed by atoms with van der Waals surface area (Å²) in [6.07, 6.45) is 1.04. The number of halogens is 1. The van der Waals surface area contributed by atoms with Gasteiger partial charge >= 0.3 is 0 Å². The smallest absolute Gasteiger partial charge is 0.127 e. The summed E-state index contributed by atoms with van der Waals surface area (Å²) in [5, 5.41) is 3.27. The standard InChI is InChI=1S/C11H17FN2/c1-3-8(2)14-10-4-5-11(12)9(6-10)7-13/h4-6,8,14H,3,7,13H2,1-2H3. The van der Waals surface area contributed by atoms with Gasteiger partial charge in [0.25, 0.3) is 0 Å². The summed E-state index contributed by atoms with van der Waals surface area (Å²) in [7, 11) is 0. The molecule has 0 aliphatic rings. The number of nitrogens with one attached hydrogen (secondary N) is 1. The van der Waals surface area contributed by atoms with Gasteiger partial charge in [0, 0.05) is 23.8 Å². The van der Waals surface area contributed by atoms with Crippen molar-refractivity contribution in [2.45, 2.75) is 32.9 Å². The van der Waals surface area contributed by atoms with Gasteiger partial charge in [-0.2, -0.15) is 0 Å². The van der Waals surface area contributed by atoms with Crippen molar-refractivity contribution in [2.75, 3.05) is 5.32 Å². The van der Waals surface area contributed by atoms with Crippen molar-refractivity contribution >= 4 is 5.69 Å². The van der Waals surface area contributed by atoms with Crippen molar-refractivity contribution in [3.8, 4) is 0 Å². The number of rotatable bonds is 4. The third kappa shape index (κ3) is 2.70. The van der Waals surface area contributed by atoms with Crippen molar-refractivity contribution in [3.63, 3.8) is 0 Å². The predicted octanol–water partition coefficient (Wildman–Crippen LogP) is 2.49. The Bertz CT molecular complexity index is 299. The highest BCUT2D eigenvalue weighted by Gasteiger charge is 2.03. The minimum atomic E-state index is -0.234. The topological polar surface area (TPSA) is 38.0 Å². The van der Waals surface area contributed by atoms with Crippen LogP contribution in [-0.4, -0.2) is 6.04 Å². The first kappa shape index (κ1) is 11.0. The lowest BCUT2D eigenvalue weighted by Gasteiger charge is -2.13. The lowest BCUT2D eigenvalue weighted by molar-refractivity contribution is 0.610. The van der Waals surface area contributed by atoms with Crippen LogP contribution in [0.2, 0.25) is 0 Å². The van der Waals surface area contributed by atoms with Gasteiger partial charge in [-0.15, -0.1) is 0 Å². The van der Waals surface area contributed by atoms with E-state index in [-0.39, 0.29) is 12.4 Å². The minimum Gasteiger partial charge on any atom is -0.383 e. The van der Waals surface area contributed by atoms with E-state index in [1.807, 2.05) is 0 Å². The van der Waals surface area contributed by atoms with Crippen LogP contribution < -0.4 is 11.1 Å². The van der Waals surface area contributed by atoms with Gasteiger partial charge in [0.05, 0.1) is 0 Å². The molecule has 0 spiro atoms. The van der Waals surface area contributed by atoms with Crippen LogP contribution in [0.1, 0.15) is 25.8 Å². The first-order valence-electron chi connectivity index (χ1n) is 4.92. The fraction of sp³-hybridized carbons (Fsp3) is 0.455. The molecule has 0 bridgehead atoms. The second-order valence-corrected chi connectivity index (χ2v) is 3.46. The molecule has 3 N–H and O–H groups in total. The monoisotopic (exact) mass is 196 g/mol. The zero-order valence-corrected chi connectivity index (χ0v) is 8.68. The van der Waals surface area contributed by atoms with Gasteiger partial charge in [-0.1, -0.05) is 6.92 Å². The van der Waals surface area contributed by atoms with Crippen molar-refractivity contribution in [2.24, 2.45) is 5.73 Å². The highest BCUT2D eigenvalue weighted by molar-refractivity contribution is 5.46. The highest BCUT2D eigenvalue weighted by Crippen LogP contribution is 2.15. The van der Waals surface area contributed by atoms with Crippen molar-refractivity contribution < 1.29 is 4.39 Å². The second kappa shape index (κ2) is 4.96. The predicted molar refractivity (Wildman–Crippen MR) is 57.7 cm³/mol. The highest BCUT2D eigenvalue weighted by atomic mass is 19.1. The van der Waals surface area contributed by atoms with Crippen molar-refractivity contribution in [1.29, 1.82) is 0 Å². The lowest BCUT2D eigenvalue weighted by atomic mass is 10.1. The Hall–Kier alpha value is -1.09. The maximum absolute atomic E-state index is 13.1. The van der Waals surface area contributed by atoms with Gasteiger partial charge in [0.1, 0.15) is 5.82 Å². The average Bonchev–Trinajstić information content (AvgIpc) is 2.20. The van der Waals surface area contributed by atoms with Crippen LogP contribution >= 0.6 is 0 Å². The third-order valence-electron chi connectivity index (χ3n) is 2.29. The molecule has 0 aliphatic heterocycles. The molecule has 1 unspecified atom stereocenters.